The largest absolute Gasteiger partial charge is 0.455 e. The molecular weight excluding hydrogens is 607 g/mol. The van der Waals surface area contributed by atoms with Crippen molar-refractivity contribution in [1.29, 1.82) is 0 Å². The van der Waals surface area contributed by atoms with E-state index in [1.54, 1.807) is 11.3 Å². The lowest BCUT2D eigenvalue weighted by molar-refractivity contribution is 0.670. The summed E-state index contributed by atoms with van der Waals surface area (Å²) in [4.78, 5) is 15.6. The molecule has 10 aromatic rings. The first-order valence-corrected chi connectivity index (χ1v) is 16.8. The minimum absolute atomic E-state index is 0.607. The zero-order valence-corrected chi connectivity index (χ0v) is 26.4. The Kier molecular flexibility index (Phi) is 6.01. The highest BCUT2D eigenvalue weighted by Crippen LogP contribution is 2.44. The second-order valence-electron chi connectivity index (χ2n) is 12.0. The van der Waals surface area contributed by atoms with Gasteiger partial charge in [-0.2, -0.15) is 0 Å². The van der Waals surface area contributed by atoms with Crippen molar-refractivity contribution in [2.24, 2.45) is 0 Å². The summed E-state index contributed by atoms with van der Waals surface area (Å²) < 4.78 is 9.21. The fraction of sp³-hybridized carbons (Fsp3) is 0. The Morgan fingerprint density at radius 3 is 1.81 bits per heavy atom. The van der Waals surface area contributed by atoms with Crippen molar-refractivity contribution >= 4 is 64.2 Å². The van der Waals surface area contributed by atoms with Crippen molar-refractivity contribution in [1.82, 2.24) is 15.0 Å². The molecular formula is C43H25N3OS. The summed E-state index contributed by atoms with van der Waals surface area (Å²) in [5.74, 6) is 1.88. The van der Waals surface area contributed by atoms with Gasteiger partial charge in [0.05, 0.1) is 0 Å². The molecule has 0 N–H and O–H groups in total. The maximum atomic E-state index is 6.76. The summed E-state index contributed by atoms with van der Waals surface area (Å²) in [5.41, 5.74) is 6.60. The molecule has 3 aromatic heterocycles. The summed E-state index contributed by atoms with van der Waals surface area (Å²) >= 11 is 1.79. The molecule has 0 aliphatic heterocycles. The highest BCUT2D eigenvalue weighted by atomic mass is 32.1. The van der Waals surface area contributed by atoms with Gasteiger partial charge >= 0.3 is 0 Å². The summed E-state index contributed by atoms with van der Waals surface area (Å²) in [6.45, 7) is 0. The number of thiophene rings is 1. The Balaban J connectivity index is 1.30. The second kappa shape index (κ2) is 10.7. The summed E-state index contributed by atoms with van der Waals surface area (Å²) in [6, 6.07) is 52.6. The Morgan fingerprint density at radius 2 is 1.02 bits per heavy atom. The predicted octanol–water partition coefficient (Wildman–Crippen LogP) is 12.0. The van der Waals surface area contributed by atoms with E-state index in [4.69, 9.17) is 19.4 Å². The van der Waals surface area contributed by atoms with Gasteiger partial charge in [-0.15, -0.1) is 11.3 Å². The van der Waals surface area contributed by atoms with Crippen molar-refractivity contribution in [2.45, 2.75) is 0 Å². The standard InChI is InChI=1S/C43H25N3OS/c1-3-12-26(13-4-1)30-22-23-33(39-34-24-28-16-7-8-17-29(28)25-35(34)47-40(30)39)43-45-41(27-14-5-2-6-15-27)44-42(46-43)32-19-11-21-37-38(32)31-18-9-10-20-36(31)48-37/h1-25H. The van der Waals surface area contributed by atoms with Crippen LogP contribution in [0.2, 0.25) is 0 Å². The predicted molar refractivity (Wildman–Crippen MR) is 199 cm³/mol. The number of furan rings is 1. The summed E-state index contributed by atoms with van der Waals surface area (Å²) in [6.07, 6.45) is 0. The highest BCUT2D eigenvalue weighted by molar-refractivity contribution is 7.25. The maximum absolute atomic E-state index is 6.76. The minimum atomic E-state index is 0.607. The zero-order chi connectivity index (χ0) is 31.6. The molecule has 0 atom stereocenters. The van der Waals surface area contributed by atoms with E-state index < -0.39 is 0 Å². The van der Waals surface area contributed by atoms with Gasteiger partial charge in [-0.25, -0.2) is 15.0 Å². The van der Waals surface area contributed by atoms with Gasteiger partial charge in [0.2, 0.25) is 0 Å². The molecule has 0 radical (unpaired) electrons. The average Bonchev–Trinajstić information content (AvgIpc) is 3.72. The molecule has 0 fully saturated rings. The zero-order valence-electron chi connectivity index (χ0n) is 25.6. The Morgan fingerprint density at radius 1 is 0.417 bits per heavy atom. The lowest BCUT2D eigenvalue weighted by Gasteiger charge is -2.11. The number of rotatable bonds is 4. The van der Waals surface area contributed by atoms with Crippen LogP contribution in [-0.4, -0.2) is 15.0 Å². The van der Waals surface area contributed by atoms with Crippen molar-refractivity contribution < 1.29 is 4.42 Å². The lowest BCUT2D eigenvalue weighted by Crippen LogP contribution is -2.01. The number of fused-ring (bicyclic) bond motifs is 7. The second-order valence-corrected chi connectivity index (χ2v) is 13.1. The molecule has 0 saturated carbocycles. The molecule has 3 heterocycles. The Hall–Kier alpha value is -6.17. The normalized spacial score (nSPS) is 11.8. The number of hydrogen-bond donors (Lipinski definition) is 0. The summed E-state index contributed by atoms with van der Waals surface area (Å²) in [5, 5.41) is 6.69. The highest BCUT2D eigenvalue weighted by Gasteiger charge is 2.22. The van der Waals surface area contributed by atoms with Crippen LogP contribution < -0.4 is 0 Å². The van der Waals surface area contributed by atoms with Crippen LogP contribution in [0.4, 0.5) is 0 Å². The van der Waals surface area contributed by atoms with Crippen LogP contribution in [0.5, 0.6) is 0 Å². The van der Waals surface area contributed by atoms with E-state index in [0.717, 1.165) is 60.5 Å². The van der Waals surface area contributed by atoms with E-state index in [1.165, 1.54) is 20.2 Å². The van der Waals surface area contributed by atoms with Gasteiger partial charge in [-0.1, -0.05) is 115 Å². The quantitative estimate of drug-likeness (QED) is 0.194. The van der Waals surface area contributed by atoms with E-state index in [2.05, 4.69) is 127 Å². The van der Waals surface area contributed by atoms with Gasteiger partial charge in [0, 0.05) is 53.2 Å². The van der Waals surface area contributed by atoms with Crippen molar-refractivity contribution in [3.8, 4) is 45.3 Å². The van der Waals surface area contributed by atoms with Crippen LogP contribution in [0.25, 0.3) is 98.2 Å². The van der Waals surface area contributed by atoms with Crippen LogP contribution in [0.3, 0.4) is 0 Å². The molecule has 0 bridgehead atoms. The molecule has 48 heavy (non-hydrogen) atoms. The Bertz CT molecular complexity index is 2840. The van der Waals surface area contributed by atoms with Crippen LogP contribution in [0.15, 0.2) is 156 Å². The number of hydrogen-bond acceptors (Lipinski definition) is 5. The van der Waals surface area contributed by atoms with Gasteiger partial charge in [-0.05, 0) is 52.7 Å². The number of benzene rings is 7. The smallest absolute Gasteiger partial charge is 0.164 e. The molecule has 10 rings (SSSR count). The van der Waals surface area contributed by atoms with E-state index in [-0.39, 0.29) is 0 Å². The maximum Gasteiger partial charge on any atom is 0.164 e. The lowest BCUT2D eigenvalue weighted by atomic mass is 9.97. The Labute approximate surface area is 279 Å². The molecule has 0 amide bonds. The average molecular weight is 632 g/mol. The topological polar surface area (TPSA) is 51.8 Å². The van der Waals surface area contributed by atoms with E-state index in [1.807, 2.05) is 24.3 Å². The molecule has 4 nitrogen and oxygen atoms in total. The molecule has 0 aliphatic carbocycles. The van der Waals surface area contributed by atoms with Crippen LogP contribution in [0.1, 0.15) is 0 Å². The first kappa shape index (κ1) is 27.0. The molecule has 0 spiro atoms. The third-order valence-corrected chi connectivity index (χ3v) is 10.3. The third-order valence-electron chi connectivity index (χ3n) is 9.12. The van der Waals surface area contributed by atoms with E-state index in [0.29, 0.717) is 17.5 Å². The van der Waals surface area contributed by atoms with Crippen LogP contribution >= 0.6 is 11.3 Å². The molecule has 224 valence electrons. The number of nitrogens with zero attached hydrogens (tertiary/aromatic N) is 3. The van der Waals surface area contributed by atoms with Gasteiger partial charge < -0.3 is 4.42 Å². The van der Waals surface area contributed by atoms with Crippen molar-refractivity contribution in [3.63, 3.8) is 0 Å². The SMILES string of the molecule is c1ccc(-c2nc(-c3cccc4sc5ccccc5c34)nc(-c3ccc(-c4ccccc4)c4oc5cc6ccccc6cc5c34)n2)cc1. The van der Waals surface area contributed by atoms with E-state index in [9.17, 15) is 0 Å². The van der Waals surface area contributed by atoms with Gasteiger partial charge in [0.15, 0.2) is 17.5 Å². The minimum Gasteiger partial charge on any atom is -0.455 e. The summed E-state index contributed by atoms with van der Waals surface area (Å²) in [7, 11) is 0. The fourth-order valence-electron chi connectivity index (χ4n) is 6.89. The third kappa shape index (κ3) is 4.25. The van der Waals surface area contributed by atoms with Crippen molar-refractivity contribution in [3.05, 3.63) is 152 Å². The molecule has 0 saturated heterocycles. The molecule has 0 unspecified atom stereocenters. The fourth-order valence-corrected chi connectivity index (χ4v) is 8.02. The first-order chi connectivity index (χ1) is 23.8. The van der Waals surface area contributed by atoms with Crippen molar-refractivity contribution in [2.75, 3.05) is 0 Å². The molecule has 7 aromatic carbocycles. The first-order valence-electron chi connectivity index (χ1n) is 15.9. The van der Waals surface area contributed by atoms with Crippen LogP contribution in [-0.2, 0) is 0 Å². The number of aromatic nitrogens is 3. The molecule has 5 heteroatoms. The van der Waals surface area contributed by atoms with E-state index >= 15 is 0 Å². The van der Waals surface area contributed by atoms with Gasteiger partial charge in [0.1, 0.15) is 11.2 Å². The monoisotopic (exact) mass is 631 g/mol. The molecule has 0 aliphatic rings. The van der Waals surface area contributed by atoms with Gasteiger partial charge in [-0.3, -0.25) is 0 Å². The van der Waals surface area contributed by atoms with Gasteiger partial charge in [0.25, 0.3) is 0 Å². The van der Waals surface area contributed by atoms with Crippen LogP contribution in [0, 0.1) is 0 Å².